The number of nitrogens with one attached hydrogen (secondary N) is 1. The Bertz CT molecular complexity index is 840. The highest BCUT2D eigenvalue weighted by molar-refractivity contribution is 7.47. The molecule has 3 atom stereocenters. The summed E-state index contributed by atoms with van der Waals surface area (Å²) in [4.78, 5) is 22.8. The number of allylic oxidation sites excluding steroid dienone is 6. The molecule has 0 aliphatic heterocycles. The highest BCUT2D eigenvalue weighted by Crippen LogP contribution is 2.43. The summed E-state index contributed by atoms with van der Waals surface area (Å²) in [7, 11) is 1.59. The number of nitrogens with zero attached hydrogens (tertiary/aromatic N) is 1. The fourth-order valence-corrected chi connectivity index (χ4v) is 5.43. The van der Waals surface area contributed by atoms with Crippen molar-refractivity contribution in [3.63, 3.8) is 0 Å². The zero-order chi connectivity index (χ0) is 33.7. The molecule has 0 aromatic heterocycles. The molecule has 0 aliphatic carbocycles. The van der Waals surface area contributed by atoms with E-state index in [1.54, 1.807) is 0 Å². The van der Waals surface area contributed by atoms with Crippen molar-refractivity contribution in [1.82, 2.24) is 5.32 Å². The van der Waals surface area contributed by atoms with Crippen LogP contribution in [0.5, 0.6) is 0 Å². The van der Waals surface area contributed by atoms with Gasteiger partial charge in [-0.05, 0) is 51.4 Å². The second-order valence-electron chi connectivity index (χ2n) is 13.2. The van der Waals surface area contributed by atoms with Crippen LogP contribution in [0.1, 0.15) is 136 Å². The molecule has 1 amide bonds. The van der Waals surface area contributed by atoms with Crippen LogP contribution in [0, 0.1) is 0 Å². The average molecular weight is 658 g/mol. The largest absolute Gasteiger partial charge is 0.472 e. The Hall–Kier alpha value is -1.28. The van der Waals surface area contributed by atoms with Gasteiger partial charge in [-0.25, -0.2) is 4.57 Å². The first kappa shape index (κ1) is 43.7. The minimum Gasteiger partial charge on any atom is -0.391 e. The fraction of sp³-hybridized carbons (Fsp3) is 0.806. The number of carbonyl (C=O) groups excluding carboxylic acids is 1. The topological polar surface area (TPSA) is 105 Å². The lowest BCUT2D eigenvalue weighted by Crippen LogP contribution is -2.46. The van der Waals surface area contributed by atoms with Crippen LogP contribution in [0.15, 0.2) is 36.5 Å². The molecule has 8 nitrogen and oxygen atoms in total. The standard InChI is InChI=1S/C36H69N2O6P/c1-6-8-10-12-13-14-15-16-17-18-19-20-21-22-23-24-25-26-28-30-36(40)37-34(35(39)29-27-11-9-7-2)33-44-45(41,42)43-32-31-38(3,4)5/h13-14,16-17,19-20,34-35,39H,6-12,15,18,21-33H2,1-5H3,(H-,37,40,41,42)/p+1/b14-13-,17-16-,20-19-. The predicted molar refractivity (Wildman–Crippen MR) is 189 cm³/mol. The summed E-state index contributed by atoms with van der Waals surface area (Å²) in [5, 5.41) is 13.6. The van der Waals surface area contributed by atoms with Crippen LogP contribution in [0.3, 0.4) is 0 Å². The van der Waals surface area contributed by atoms with Crippen LogP contribution in [0.4, 0.5) is 0 Å². The van der Waals surface area contributed by atoms with E-state index in [-0.39, 0.29) is 19.1 Å². The van der Waals surface area contributed by atoms with Crippen LogP contribution in [0.25, 0.3) is 0 Å². The summed E-state index contributed by atoms with van der Waals surface area (Å²) < 4.78 is 23.3. The van der Waals surface area contributed by atoms with Gasteiger partial charge in [0, 0.05) is 6.42 Å². The third-order valence-corrected chi connectivity index (χ3v) is 8.63. The number of phosphoric ester groups is 1. The monoisotopic (exact) mass is 657 g/mol. The maximum atomic E-state index is 12.7. The van der Waals surface area contributed by atoms with Crippen LogP contribution in [-0.4, -0.2) is 73.4 Å². The maximum absolute atomic E-state index is 12.7. The molecule has 0 radical (unpaired) electrons. The summed E-state index contributed by atoms with van der Waals surface area (Å²) in [5.74, 6) is -0.169. The van der Waals surface area contributed by atoms with Crippen molar-refractivity contribution in [3.05, 3.63) is 36.5 Å². The van der Waals surface area contributed by atoms with Gasteiger partial charge in [-0.15, -0.1) is 0 Å². The van der Waals surface area contributed by atoms with E-state index in [4.69, 9.17) is 9.05 Å². The van der Waals surface area contributed by atoms with E-state index in [0.29, 0.717) is 23.9 Å². The summed E-state index contributed by atoms with van der Waals surface area (Å²) in [6.45, 7) is 4.69. The zero-order valence-electron chi connectivity index (χ0n) is 29.6. The smallest absolute Gasteiger partial charge is 0.391 e. The highest BCUT2D eigenvalue weighted by Gasteiger charge is 2.28. The fourth-order valence-electron chi connectivity index (χ4n) is 4.70. The third kappa shape index (κ3) is 31.1. The molecular weight excluding hydrogens is 587 g/mol. The van der Waals surface area contributed by atoms with E-state index >= 15 is 0 Å². The second-order valence-corrected chi connectivity index (χ2v) is 14.7. The van der Waals surface area contributed by atoms with Gasteiger partial charge in [0.25, 0.3) is 0 Å². The molecule has 264 valence electrons. The van der Waals surface area contributed by atoms with E-state index in [1.807, 2.05) is 21.1 Å². The van der Waals surface area contributed by atoms with E-state index in [0.717, 1.165) is 70.6 Å². The molecule has 45 heavy (non-hydrogen) atoms. The molecule has 0 aromatic rings. The molecular formula is C36H70N2O6P+. The van der Waals surface area contributed by atoms with Gasteiger partial charge in [0.1, 0.15) is 13.2 Å². The van der Waals surface area contributed by atoms with Crippen molar-refractivity contribution < 1.29 is 32.9 Å². The molecule has 0 saturated heterocycles. The molecule has 3 unspecified atom stereocenters. The second kappa shape index (κ2) is 28.9. The molecule has 9 heteroatoms. The van der Waals surface area contributed by atoms with E-state index < -0.39 is 20.0 Å². The van der Waals surface area contributed by atoms with Gasteiger partial charge in [-0.1, -0.05) is 115 Å². The van der Waals surface area contributed by atoms with Crippen LogP contribution >= 0.6 is 7.82 Å². The Labute approximate surface area is 276 Å². The Balaban J connectivity index is 4.23. The lowest BCUT2D eigenvalue weighted by atomic mass is 10.0. The molecule has 0 aliphatic rings. The Kier molecular flexibility index (Phi) is 28.1. The Morgan fingerprint density at radius 1 is 0.756 bits per heavy atom. The Morgan fingerprint density at radius 2 is 1.27 bits per heavy atom. The third-order valence-electron chi connectivity index (χ3n) is 7.64. The minimum atomic E-state index is -4.29. The van der Waals surface area contributed by atoms with E-state index in [1.165, 1.54) is 38.5 Å². The van der Waals surface area contributed by atoms with Gasteiger partial charge in [0.05, 0.1) is 39.9 Å². The number of unbranched alkanes of at least 4 members (excludes halogenated alkanes) is 12. The van der Waals surface area contributed by atoms with Crippen molar-refractivity contribution in [1.29, 1.82) is 0 Å². The van der Waals surface area contributed by atoms with E-state index in [2.05, 4.69) is 55.6 Å². The molecule has 0 aromatic carbocycles. The number of likely N-dealkylation sites (N-methyl/N-ethyl adjacent to an activating group) is 1. The van der Waals surface area contributed by atoms with Gasteiger partial charge in [-0.3, -0.25) is 13.8 Å². The number of hydrogen-bond donors (Lipinski definition) is 3. The minimum absolute atomic E-state index is 0.0692. The molecule has 0 saturated carbocycles. The van der Waals surface area contributed by atoms with E-state index in [9.17, 15) is 19.4 Å². The number of aliphatic hydroxyl groups is 1. The number of phosphoric acid groups is 1. The molecule has 0 bridgehead atoms. The summed E-state index contributed by atoms with van der Waals surface area (Å²) in [5.41, 5.74) is 0. The molecule has 0 spiro atoms. The molecule has 0 heterocycles. The first-order chi connectivity index (χ1) is 21.5. The van der Waals surface area contributed by atoms with Crippen molar-refractivity contribution in [3.8, 4) is 0 Å². The van der Waals surface area contributed by atoms with Gasteiger partial charge < -0.3 is 19.8 Å². The van der Waals surface area contributed by atoms with Crippen molar-refractivity contribution in [2.24, 2.45) is 0 Å². The lowest BCUT2D eigenvalue weighted by Gasteiger charge is -2.26. The lowest BCUT2D eigenvalue weighted by molar-refractivity contribution is -0.870. The number of amides is 1. The van der Waals surface area contributed by atoms with Crippen molar-refractivity contribution >= 4 is 13.7 Å². The van der Waals surface area contributed by atoms with Crippen LogP contribution in [0.2, 0.25) is 0 Å². The number of aliphatic hydroxyl groups excluding tert-OH is 1. The predicted octanol–water partition coefficient (Wildman–Crippen LogP) is 8.79. The van der Waals surface area contributed by atoms with Crippen molar-refractivity contribution in [2.45, 2.75) is 148 Å². The highest BCUT2D eigenvalue weighted by atomic mass is 31.2. The first-order valence-electron chi connectivity index (χ1n) is 17.9. The summed E-state index contributed by atoms with van der Waals surface area (Å²) >= 11 is 0. The number of rotatable bonds is 31. The van der Waals surface area contributed by atoms with Crippen molar-refractivity contribution in [2.75, 3.05) is 40.9 Å². The quantitative estimate of drug-likeness (QED) is 0.0298. The average Bonchev–Trinajstić information content (AvgIpc) is 2.97. The molecule has 0 fully saturated rings. The number of carbonyl (C=O) groups is 1. The molecule has 0 rings (SSSR count). The van der Waals surface area contributed by atoms with Gasteiger partial charge in [0.2, 0.25) is 5.91 Å². The normalized spacial score (nSPS) is 15.3. The molecule has 3 N–H and O–H groups in total. The van der Waals surface area contributed by atoms with Crippen LogP contribution in [-0.2, 0) is 18.4 Å². The first-order valence-corrected chi connectivity index (χ1v) is 19.3. The SMILES string of the molecule is CCCCC/C=C\C/C=C\C/C=C\CCCCCCCCC(=O)NC(COP(=O)(O)OCC[N+](C)(C)C)C(O)CCCCCC. The number of quaternary nitrogens is 1. The summed E-state index contributed by atoms with van der Waals surface area (Å²) in [6, 6.07) is -0.762. The maximum Gasteiger partial charge on any atom is 0.472 e. The zero-order valence-corrected chi connectivity index (χ0v) is 30.5. The van der Waals surface area contributed by atoms with Crippen LogP contribution < -0.4 is 5.32 Å². The van der Waals surface area contributed by atoms with Gasteiger partial charge in [-0.2, -0.15) is 0 Å². The van der Waals surface area contributed by atoms with Gasteiger partial charge in [0.15, 0.2) is 0 Å². The van der Waals surface area contributed by atoms with Gasteiger partial charge >= 0.3 is 7.82 Å². The number of hydrogen-bond acceptors (Lipinski definition) is 5. The summed E-state index contributed by atoms with van der Waals surface area (Å²) in [6.07, 6.45) is 32.2. The Morgan fingerprint density at radius 3 is 1.87 bits per heavy atom.